The molecule has 33 heavy (non-hydrogen) atoms. The number of carbonyl (C=O) groups is 1. The van der Waals surface area contributed by atoms with Gasteiger partial charge in [-0.3, -0.25) is 4.79 Å². The van der Waals surface area contributed by atoms with E-state index < -0.39 is 0 Å². The molecule has 2 aromatic rings. The Morgan fingerprint density at radius 3 is 2.67 bits per heavy atom. The molecular formula is C23H29Cl3N6O. The zero-order chi connectivity index (χ0) is 23.7. The van der Waals surface area contributed by atoms with Gasteiger partial charge in [0.25, 0.3) is 0 Å². The van der Waals surface area contributed by atoms with Crippen LogP contribution in [0.2, 0.25) is 15.1 Å². The van der Waals surface area contributed by atoms with Gasteiger partial charge in [-0.25, -0.2) is 4.98 Å². The molecule has 4 atom stereocenters. The molecule has 1 aromatic carbocycles. The average Bonchev–Trinajstić information content (AvgIpc) is 3.31. The molecule has 2 aliphatic rings. The van der Waals surface area contributed by atoms with E-state index in [0.29, 0.717) is 39.9 Å². The molecule has 7 nitrogen and oxygen atoms in total. The molecule has 178 valence electrons. The second-order valence-electron chi connectivity index (χ2n) is 8.89. The lowest BCUT2D eigenvalue weighted by Crippen LogP contribution is -2.61. The summed E-state index contributed by atoms with van der Waals surface area (Å²) in [6.07, 6.45) is 3.57. The normalized spacial score (nSPS) is 24.1. The van der Waals surface area contributed by atoms with E-state index in [1.54, 1.807) is 18.3 Å². The highest BCUT2D eigenvalue weighted by molar-refractivity contribution is 6.35. The van der Waals surface area contributed by atoms with Gasteiger partial charge < -0.3 is 20.4 Å². The largest absolute Gasteiger partial charge is 0.362 e. The number of anilines is 2. The first-order valence-electron chi connectivity index (χ1n) is 11.3. The maximum Gasteiger partial charge on any atom is 0.240 e. The number of nitrogens with zero attached hydrogens (tertiary/aromatic N) is 4. The van der Waals surface area contributed by atoms with Gasteiger partial charge in [-0.05, 0) is 57.9 Å². The molecule has 0 saturated carbocycles. The molecule has 2 N–H and O–H groups in total. The Morgan fingerprint density at radius 2 is 1.97 bits per heavy atom. The number of hydrogen-bond donors (Lipinski definition) is 2. The zero-order valence-electron chi connectivity index (χ0n) is 19.0. The summed E-state index contributed by atoms with van der Waals surface area (Å²) in [5, 5.41) is 8.25. The molecule has 0 aliphatic carbocycles. The Balaban J connectivity index is 1.49. The molecule has 1 unspecified atom stereocenters. The number of piperazine rings is 1. The molecule has 0 radical (unpaired) electrons. The van der Waals surface area contributed by atoms with Gasteiger partial charge in [0, 0.05) is 35.2 Å². The van der Waals surface area contributed by atoms with Crippen molar-refractivity contribution in [3.05, 3.63) is 45.0 Å². The summed E-state index contributed by atoms with van der Waals surface area (Å²) in [6, 6.07) is 5.34. The van der Waals surface area contributed by atoms with E-state index in [4.69, 9.17) is 39.8 Å². The van der Waals surface area contributed by atoms with Crippen molar-refractivity contribution in [2.45, 2.75) is 57.8 Å². The molecule has 1 amide bonds. The van der Waals surface area contributed by atoms with Gasteiger partial charge in [0.2, 0.25) is 11.9 Å². The number of hydrogen-bond acceptors (Lipinski definition) is 6. The number of benzene rings is 1. The molecule has 1 aromatic heterocycles. The summed E-state index contributed by atoms with van der Waals surface area (Å²) >= 11 is 18.8. The van der Waals surface area contributed by atoms with Crippen LogP contribution < -0.4 is 15.5 Å². The number of halogens is 3. The predicted octanol–water partition coefficient (Wildman–Crippen LogP) is 4.79. The van der Waals surface area contributed by atoms with Gasteiger partial charge in [-0.2, -0.15) is 4.98 Å². The van der Waals surface area contributed by atoms with Gasteiger partial charge >= 0.3 is 0 Å². The molecule has 4 rings (SSSR count). The Labute approximate surface area is 209 Å². The average molecular weight is 512 g/mol. The minimum atomic E-state index is -0.139. The summed E-state index contributed by atoms with van der Waals surface area (Å²) in [5.74, 6) is 1.31. The van der Waals surface area contributed by atoms with Crippen LogP contribution in [-0.2, 0) is 4.79 Å². The van der Waals surface area contributed by atoms with Crippen LogP contribution in [0.1, 0.15) is 45.2 Å². The molecular weight excluding hydrogens is 483 g/mol. The van der Waals surface area contributed by atoms with E-state index in [0.717, 1.165) is 24.9 Å². The first-order valence-corrected chi connectivity index (χ1v) is 12.4. The standard InChI is InChI=1S/C23H29Cl3N6O/c1-13-12-32(14(2)11-31(13)22(33)20-5-4-8-27-20)23-28-10-19(26)21(30-23)29-15(3)17-7-6-16(24)9-18(17)25/h6-7,9-10,13-15,20,27H,4-5,8,11-12H2,1-3H3,(H,28,29,30)/t13-,14+,15?,20-/m1/s1. The van der Waals surface area contributed by atoms with Crippen LogP contribution in [-0.4, -0.2) is 58.5 Å². The van der Waals surface area contributed by atoms with Crippen LogP contribution in [0.5, 0.6) is 0 Å². The summed E-state index contributed by atoms with van der Waals surface area (Å²) < 4.78 is 0. The van der Waals surface area contributed by atoms with Crippen LogP contribution in [0, 0.1) is 0 Å². The molecule has 2 aliphatic heterocycles. The highest BCUT2D eigenvalue weighted by atomic mass is 35.5. The monoisotopic (exact) mass is 510 g/mol. The summed E-state index contributed by atoms with van der Waals surface area (Å²) in [5.41, 5.74) is 0.895. The number of rotatable bonds is 5. The van der Waals surface area contributed by atoms with Crippen LogP contribution in [0.15, 0.2) is 24.4 Å². The Bertz CT molecular complexity index is 1020. The van der Waals surface area contributed by atoms with Crippen molar-refractivity contribution in [1.82, 2.24) is 20.2 Å². The van der Waals surface area contributed by atoms with E-state index in [-0.39, 0.29) is 30.1 Å². The van der Waals surface area contributed by atoms with Crippen molar-refractivity contribution in [2.24, 2.45) is 0 Å². The summed E-state index contributed by atoms with van der Waals surface area (Å²) in [4.78, 5) is 26.3. The van der Waals surface area contributed by atoms with Gasteiger partial charge in [-0.1, -0.05) is 40.9 Å². The molecule has 10 heteroatoms. The molecule has 2 fully saturated rings. The third kappa shape index (κ3) is 5.32. The van der Waals surface area contributed by atoms with Crippen molar-refractivity contribution >= 4 is 52.5 Å². The maximum atomic E-state index is 13.0. The van der Waals surface area contributed by atoms with Crippen molar-refractivity contribution in [3.63, 3.8) is 0 Å². The third-order valence-corrected chi connectivity index (χ3v) is 7.24. The van der Waals surface area contributed by atoms with Gasteiger partial charge in [0.05, 0.1) is 18.3 Å². The van der Waals surface area contributed by atoms with E-state index in [1.165, 1.54) is 0 Å². The lowest BCUT2D eigenvalue weighted by Gasteiger charge is -2.45. The predicted molar refractivity (Wildman–Crippen MR) is 135 cm³/mol. The van der Waals surface area contributed by atoms with E-state index in [9.17, 15) is 4.79 Å². The highest BCUT2D eigenvalue weighted by Gasteiger charge is 2.36. The SMILES string of the molecule is CC(Nc1nc(N2C[C@@H](C)N(C(=O)[C@H]3CCCN3)C[C@@H]2C)ncc1Cl)c1ccc(Cl)cc1Cl. The van der Waals surface area contributed by atoms with Gasteiger partial charge in [0.15, 0.2) is 5.82 Å². The second-order valence-corrected chi connectivity index (χ2v) is 10.1. The maximum absolute atomic E-state index is 13.0. The number of nitrogens with one attached hydrogen (secondary N) is 2. The van der Waals surface area contributed by atoms with Crippen molar-refractivity contribution < 1.29 is 4.79 Å². The third-order valence-electron chi connectivity index (χ3n) is 6.40. The number of amides is 1. The van der Waals surface area contributed by atoms with Crippen LogP contribution in [0.25, 0.3) is 0 Å². The van der Waals surface area contributed by atoms with Crippen molar-refractivity contribution in [1.29, 1.82) is 0 Å². The minimum Gasteiger partial charge on any atom is -0.362 e. The Morgan fingerprint density at radius 1 is 1.18 bits per heavy atom. The number of carbonyl (C=O) groups excluding carboxylic acids is 1. The van der Waals surface area contributed by atoms with Crippen LogP contribution >= 0.6 is 34.8 Å². The van der Waals surface area contributed by atoms with Crippen molar-refractivity contribution in [2.75, 3.05) is 29.9 Å². The van der Waals surface area contributed by atoms with E-state index in [2.05, 4.69) is 34.4 Å². The molecule has 0 spiro atoms. The van der Waals surface area contributed by atoms with Crippen molar-refractivity contribution in [3.8, 4) is 0 Å². The van der Waals surface area contributed by atoms with Gasteiger partial charge in [-0.15, -0.1) is 0 Å². The van der Waals surface area contributed by atoms with E-state index >= 15 is 0 Å². The van der Waals surface area contributed by atoms with Gasteiger partial charge in [0.1, 0.15) is 5.02 Å². The summed E-state index contributed by atoms with van der Waals surface area (Å²) in [6.45, 7) is 8.34. The van der Waals surface area contributed by atoms with Crippen LogP contribution in [0.3, 0.4) is 0 Å². The fourth-order valence-electron chi connectivity index (χ4n) is 4.54. The van der Waals surface area contributed by atoms with E-state index in [1.807, 2.05) is 17.9 Å². The molecule has 3 heterocycles. The minimum absolute atomic E-state index is 0.0542. The summed E-state index contributed by atoms with van der Waals surface area (Å²) in [7, 11) is 0. The fraction of sp³-hybridized carbons (Fsp3) is 0.522. The zero-order valence-corrected chi connectivity index (χ0v) is 21.3. The second kappa shape index (κ2) is 10.2. The highest BCUT2D eigenvalue weighted by Crippen LogP contribution is 2.31. The first kappa shape index (κ1) is 24.3. The van der Waals surface area contributed by atoms with Crippen LogP contribution in [0.4, 0.5) is 11.8 Å². The molecule has 0 bridgehead atoms. The Kier molecular flexibility index (Phi) is 7.53. The smallest absolute Gasteiger partial charge is 0.240 e. The topological polar surface area (TPSA) is 73.4 Å². The fourth-order valence-corrected chi connectivity index (χ4v) is 5.26. The number of aromatic nitrogens is 2. The first-order chi connectivity index (χ1) is 15.7. The lowest BCUT2D eigenvalue weighted by molar-refractivity contribution is -0.136. The Hall–Kier alpha value is -1.80. The lowest BCUT2D eigenvalue weighted by atomic mass is 10.1. The quantitative estimate of drug-likeness (QED) is 0.601. The molecule has 2 saturated heterocycles.